The normalized spacial score (nSPS) is 29.4. The van der Waals surface area contributed by atoms with Crippen LogP contribution in [0.25, 0.3) is 0 Å². The van der Waals surface area contributed by atoms with Gasteiger partial charge in [-0.2, -0.15) is 0 Å². The quantitative estimate of drug-likeness (QED) is 0.567. The van der Waals surface area contributed by atoms with Crippen molar-refractivity contribution in [1.29, 1.82) is 0 Å². The maximum atomic E-state index is 12.8. The SMILES string of the molecule is C=CCOC(=O)NC1(C(=O)OCc2cccs2)CCC2C(C(=O)O)C21. The third-order valence-electron chi connectivity index (χ3n) is 4.84. The molecule has 0 saturated heterocycles. The highest BCUT2D eigenvalue weighted by atomic mass is 32.1. The average molecular weight is 365 g/mol. The molecule has 25 heavy (non-hydrogen) atoms. The van der Waals surface area contributed by atoms with Crippen LogP contribution in [0.5, 0.6) is 0 Å². The Bertz CT molecular complexity index is 687. The number of hydrogen-bond donors (Lipinski definition) is 2. The summed E-state index contributed by atoms with van der Waals surface area (Å²) in [5.41, 5.74) is -1.34. The number of aliphatic carboxylic acids is 1. The zero-order chi connectivity index (χ0) is 18.0. The van der Waals surface area contributed by atoms with Crippen molar-refractivity contribution in [2.45, 2.75) is 25.0 Å². The molecular weight excluding hydrogens is 346 g/mol. The Kier molecular flexibility index (Phi) is 4.80. The number of thiophene rings is 1. The molecule has 0 aliphatic heterocycles. The number of carbonyl (C=O) groups is 3. The lowest BCUT2D eigenvalue weighted by Gasteiger charge is -2.30. The second-order valence-electron chi connectivity index (χ2n) is 6.23. The number of esters is 1. The number of amides is 1. The summed E-state index contributed by atoms with van der Waals surface area (Å²) in [6, 6.07) is 3.69. The summed E-state index contributed by atoms with van der Waals surface area (Å²) in [5.74, 6) is -2.77. The van der Waals surface area contributed by atoms with E-state index in [1.807, 2.05) is 17.5 Å². The first kappa shape index (κ1) is 17.5. The molecular formula is C17H19NO6S. The van der Waals surface area contributed by atoms with Crippen molar-refractivity contribution in [3.63, 3.8) is 0 Å². The number of fused-ring (bicyclic) bond motifs is 1. The Morgan fingerprint density at radius 2 is 2.24 bits per heavy atom. The number of carbonyl (C=O) groups excluding carboxylic acids is 2. The molecule has 4 atom stereocenters. The molecule has 2 N–H and O–H groups in total. The van der Waals surface area contributed by atoms with Gasteiger partial charge in [-0.05, 0) is 30.2 Å². The van der Waals surface area contributed by atoms with Crippen molar-refractivity contribution in [2.24, 2.45) is 17.8 Å². The summed E-state index contributed by atoms with van der Waals surface area (Å²) >= 11 is 1.45. The van der Waals surface area contributed by atoms with E-state index in [4.69, 9.17) is 9.47 Å². The van der Waals surface area contributed by atoms with Crippen LogP contribution in [0.4, 0.5) is 4.79 Å². The van der Waals surface area contributed by atoms with Crippen LogP contribution in [0.15, 0.2) is 30.2 Å². The number of carboxylic acid groups (broad SMARTS) is 1. The maximum absolute atomic E-state index is 12.8. The third kappa shape index (κ3) is 3.26. The van der Waals surface area contributed by atoms with E-state index in [0.717, 1.165) is 4.88 Å². The van der Waals surface area contributed by atoms with Crippen LogP contribution in [-0.2, 0) is 25.7 Å². The maximum Gasteiger partial charge on any atom is 0.408 e. The first-order valence-corrected chi connectivity index (χ1v) is 8.86. The van der Waals surface area contributed by atoms with Gasteiger partial charge in [0, 0.05) is 10.8 Å². The van der Waals surface area contributed by atoms with Crippen molar-refractivity contribution >= 4 is 29.4 Å². The van der Waals surface area contributed by atoms with E-state index >= 15 is 0 Å². The average Bonchev–Trinajstić information content (AvgIpc) is 2.92. The molecule has 8 heteroatoms. The number of carboxylic acids is 1. The molecule has 1 aromatic heterocycles. The molecule has 1 aromatic rings. The molecule has 0 radical (unpaired) electrons. The first-order chi connectivity index (χ1) is 12.0. The van der Waals surface area contributed by atoms with E-state index in [2.05, 4.69) is 11.9 Å². The molecule has 134 valence electrons. The Labute approximate surface area is 148 Å². The Morgan fingerprint density at radius 1 is 1.44 bits per heavy atom. The van der Waals surface area contributed by atoms with Crippen LogP contribution in [0.3, 0.4) is 0 Å². The molecule has 0 aromatic carbocycles. The monoisotopic (exact) mass is 365 g/mol. The van der Waals surface area contributed by atoms with Gasteiger partial charge in [0.25, 0.3) is 0 Å². The standard InChI is InChI=1S/C17H19NO6S/c1-2-7-23-16(22)18-17(6-5-11-12(13(11)17)14(19)20)15(21)24-9-10-4-3-8-25-10/h2-4,8,11-13H,1,5-7,9H2,(H,18,22)(H,19,20). The molecule has 1 heterocycles. The second kappa shape index (κ2) is 6.87. The van der Waals surface area contributed by atoms with E-state index in [1.165, 1.54) is 17.4 Å². The summed E-state index contributed by atoms with van der Waals surface area (Å²) < 4.78 is 10.3. The number of hydrogen-bond acceptors (Lipinski definition) is 6. The number of alkyl carbamates (subject to hydrolysis) is 1. The highest BCUT2D eigenvalue weighted by molar-refractivity contribution is 7.09. The van der Waals surface area contributed by atoms with Gasteiger partial charge in [-0.25, -0.2) is 9.59 Å². The molecule has 2 saturated carbocycles. The molecule has 0 spiro atoms. The highest BCUT2D eigenvalue weighted by Crippen LogP contribution is 2.62. The molecule has 2 aliphatic rings. The minimum atomic E-state index is -1.34. The predicted molar refractivity (Wildman–Crippen MR) is 88.9 cm³/mol. The summed E-state index contributed by atoms with van der Waals surface area (Å²) in [7, 11) is 0. The topological polar surface area (TPSA) is 102 Å². The van der Waals surface area contributed by atoms with E-state index in [-0.39, 0.29) is 19.1 Å². The van der Waals surface area contributed by atoms with Gasteiger partial charge < -0.3 is 19.9 Å². The van der Waals surface area contributed by atoms with Crippen LogP contribution >= 0.6 is 11.3 Å². The largest absolute Gasteiger partial charge is 0.481 e. The summed E-state index contributed by atoms with van der Waals surface area (Å²) in [6.45, 7) is 3.56. The van der Waals surface area contributed by atoms with Gasteiger partial charge in [0.05, 0.1) is 5.92 Å². The molecule has 7 nitrogen and oxygen atoms in total. The summed E-state index contributed by atoms with van der Waals surface area (Å²) in [6.07, 6.45) is 1.54. The lowest BCUT2D eigenvalue weighted by molar-refractivity contribution is -0.154. The van der Waals surface area contributed by atoms with E-state index in [0.29, 0.717) is 12.8 Å². The molecule has 4 unspecified atom stereocenters. The van der Waals surface area contributed by atoms with Gasteiger partial charge in [0.2, 0.25) is 0 Å². The highest BCUT2D eigenvalue weighted by Gasteiger charge is 2.72. The fraction of sp³-hybridized carbons (Fsp3) is 0.471. The minimum absolute atomic E-state index is 0.00259. The fourth-order valence-electron chi connectivity index (χ4n) is 3.75. The second-order valence-corrected chi connectivity index (χ2v) is 7.26. The third-order valence-corrected chi connectivity index (χ3v) is 5.69. The van der Waals surface area contributed by atoms with Gasteiger partial charge in [0.1, 0.15) is 18.8 Å². The molecule has 1 amide bonds. The van der Waals surface area contributed by atoms with Crippen molar-refractivity contribution in [3.8, 4) is 0 Å². The van der Waals surface area contributed by atoms with Crippen molar-refractivity contribution in [3.05, 3.63) is 35.0 Å². The number of ether oxygens (including phenoxy) is 2. The lowest BCUT2D eigenvalue weighted by Crippen LogP contribution is -2.56. The van der Waals surface area contributed by atoms with E-state index in [1.54, 1.807) is 0 Å². The Morgan fingerprint density at radius 3 is 2.84 bits per heavy atom. The molecule has 3 rings (SSSR count). The van der Waals surface area contributed by atoms with Crippen LogP contribution in [0, 0.1) is 17.8 Å². The van der Waals surface area contributed by atoms with Crippen LogP contribution in [0.2, 0.25) is 0 Å². The van der Waals surface area contributed by atoms with Crippen LogP contribution < -0.4 is 5.32 Å². The smallest absolute Gasteiger partial charge is 0.408 e. The van der Waals surface area contributed by atoms with Gasteiger partial charge in [-0.1, -0.05) is 18.7 Å². The zero-order valence-corrected chi connectivity index (χ0v) is 14.3. The van der Waals surface area contributed by atoms with Gasteiger partial charge in [-0.3, -0.25) is 4.79 Å². The Balaban J connectivity index is 1.75. The minimum Gasteiger partial charge on any atom is -0.481 e. The van der Waals surface area contributed by atoms with Gasteiger partial charge in [0.15, 0.2) is 0 Å². The van der Waals surface area contributed by atoms with E-state index < -0.39 is 35.4 Å². The first-order valence-electron chi connectivity index (χ1n) is 7.98. The lowest BCUT2D eigenvalue weighted by atomic mass is 9.90. The predicted octanol–water partition coefficient (Wildman–Crippen LogP) is 2.18. The zero-order valence-electron chi connectivity index (χ0n) is 13.5. The summed E-state index contributed by atoms with van der Waals surface area (Å²) in [4.78, 5) is 37.0. The van der Waals surface area contributed by atoms with Crippen molar-refractivity contribution in [2.75, 3.05) is 6.61 Å². The van der Waals surface area contributed by atoms with Crippen LogP contribution in [-0.4, -0.2) is 35.3 Å². The van der Waals surface area contributed by atoms with Crippen molar-refractivity contribution in [1.82, 2.24) is 5.32 Å². The number of rotatable bonds is 7. The molecule has 2 fully saturated rings. The summed E-state index contributed by atoms with van der Waals surface area (Å²) in [5, 5.41) is 13.8. The Hall–Kier alpha value is -2.35. The fourth-order valence-corrected chi connectivity index (χ4v) is 4.37. The number of nitrogens with one attached hydrogen (secondary N) is 1. The van der Waals surface area contributed by atoms with Gasteiger partial charge >= 0.3 is 18.0 Å². The van der Waals surface area contributed by atoms with Crippen molar-refractivity contribution < 1.29 is 29.0 Å². The van der Waals surface area contributed by atoms with Crippen LogP contribution in [0.1, 0.15) is 17.7 Å². The molecule has 2 aliphatic carbocycles. The van der Waals surface area contributed by atoms with Gasteiger partial charge in [-0.15, -0.1) is 11.3 Å². The van der Waals surface area contributed by atoms with E-state index in [9.17, 15) is 19.5 Å². The molecule has 0 bridgehead atoms.